The maximum Gasteiger partial charge on any atom is 0.193 e. The van der Waals surface area contributed by atoms with Gasteiger partial charge < -0.3 is 14.7 Å². The lowest BCUT2D eigenvalue weighted by atomic mass is 9.78. The van der Waals surface area contributed by atoms with E-state index in [0.29, 0.717) is 11.3 Å². The average molecular weight is 349 g/mol. The Morgan fingerprint density at radius 3 is 2.76 bits per heavy atom. The molecule has 1 aromatic rings. The van der Waals surface area contributed by atoms with Gasteiger partial charge in [-0.2, -0.15) is 0 Å². The van der Waals surface area contributed by atoms with E-state index in [9.17, 15) is 0 Å². The van der Waals surface area contributed by atoms with Gasteiger partial charge in [-0.25, -0.2) is 0 Å². The van der Waals surface area contributed by atoms with Crippen LogP contribution in [0.4, 0.5) is 0 Å². The number of hydrogen-bond acceptors (Lipinski definition) is 3. The molecule has 142 valence electrons. The van der Waals surface area contributed by atoms with E-state index in [1.54, 1.807) is 0 Å². The van der Waals surface area contributed by atoms with E-state index >= 15 is 0 Å². The molecule has 0 radical (unpaired) electrons. The third-order valence-electron chi connectivity index (χ3n) is 5.37. The predicted molar refractivity (Wildman–Crippen MR) is 104 cm³/mol. The number of piperidine rings is 1. The molecule has 1 aliphatic rings. The minimum Gasteiger partial charge on any atom is -0.361 e. The largest absolute Gasteiger partial charge is 0.361 e. The average Bonchev–Trinajstić information content (AvgIpc) is 2.90. The second kappa shape index (κ2) is 8.72. The molecule has 5 heteroatoms. The Kier molecular flexibility index (Phi) is 6.91. The molecule has 1 saturated heterocycles. The van der Waals surface area contributed by atoms with Crippen molar-refractivity contribution in [2.45, 2.75) is 73.1 Å². The maximum atomic E-state index is 5.32. The molecule has 5 nitrogen and oxygen atoms in total. The van der Waals surface area contributed by atoms with Gasteiger partial charge in [-0.15, -0.1) is 0 Å². The molecule has 0 amide bonds. The SMILES string of the molecule is CCCC1(C)CCCN(C(=NCC(C)c2c(C)noc2C)NCC)C1. The summed E-state index contributed by atoms with van der Waals surface area (Å²) in [5, 5.41) is 7.58. The first-order valence-corrected chi connectivity index (χ1v) is 9.86. The third-order valence-corrected chi connectivity index (χ3v) is 5.37. The highest BCUT2D eigenvalue weighted by Gasteiger charge is 2.31. The van der Waals surface area contributed by atoms with Crippen LogP contribution in [0, 0.1) is 19.3 Å². The zero-order chi connectivity index (χ0) is 18.4. The van der Waals surface area contributed by atoms with Gasteiger partial charge in [0.2, 0.25) is 0 Å². The molecule has 2 heterocycles. The van der Waals surface area contributed by atoms with Gasteiger partial charge in [0, 0.05) is 37.7 Å². The van der Waals surface area contributed by atoms with E-state index in [0.717, 1.165) is 43.6 Å². The van der Waals surface area contributed by atoms with Crippen molar-refractivity contribution in [2.75, 3.05) is 26.2 Å². The molecular formula is C20H36N4O. The van der Waals surface area contributed by atoms with Crippen LogP contribution >= 0.6 is 0 Å². The zero-order valence-corrected chi connectivity index (χ0v) is 17.0. The monoisotopic (exact) mass is 348 g/mol. The van der Waals surface area contributed by atoms with Gasteiger partial charge >= 0.3 is 0 Å². The van der Waals surface area contributed by atoms with Crippen LogP contribution in [0.15, 0.2) is 9.52 Å². The fourth-order valence-corrected chi connectivity index (χ4v) is 4.24. The van der Waals surface area contributed by atoms with Crippen molar-refractivity contribution in [2.24, 2.45) is 10.4 Å². The fraction of sp³-hybridized carbons (Fsp3) is 0.800. The second-order valence-corrected chi connectivity index (χ2v) is 7.92. The number of aryl methyl sites for hydroxylation is 2. The molecule has 0 bridgehead atoms. The smallest absolute Gasteiger partial charge is 0.193 e. The summed E-state index contributed by atoms with van der Waals surface area (Å²) in [6.45, 7) is 16.9. The summed E-state index contributed by atoms with van der Waals surface area (Å²) in [5.74, 6) is 2.29. The lowest BCUT2D eigenvalue weighted by Gasteiger charge is -2.42. The standard InChI is InChI=1S/C20H36N4O/c1-7-10-20(6)11-9-12-24(14-20)19(21-8-2)22-13-15(3)18-16(4)23-25-17(18)5/h15H,7-14H2,1-6H3,(H,21,22). The number of guanidine groups is 1. The van der Waals surface area contributed by atoms with Gasteiger partial charge in [0.25, 0.3) is 0 Å². The van der Waals surface area contributed by atoms with Crippen molar-refractivity contribution in [1.29, 1.82) is 0 Å². The normalized spacial score (nSPS) is 23.0. The van der Waals surface area contributed by atoms with Crippen molar-refractivity contribution >= 4 is 5.96 Å². The molecule has 25 heavy (non-hydrogen) atoms. The molecule has 2 unspecified atom stereocenters. The Hall–Kier alpha value is -1.52. The number of aliphatic imine (C=N–C) groups is 1. The van der Waals surface area contributed by atoms with E-state index < -0.39 is 0 Å². The van der Waals surface area contributed by atoms with Gasteiger partial charge in [-0.1, -0.05) is 32.3 Å². The summed E-state index contributed by atoms with van der Waals surface area (Å²) in [6, 6.07) is 0. The van der Waals surface area contributed by atoms with Crippen molar-refractivity contribution in [3.05, 3.63) is 17.0 Å². The summed E-state index contributed by atoms with van der Waals surface area (Å²) in [4.78, 5) is 7.42. The summed E-state index contributed by atoms with van der Waals surface area (Å²) < 4.78 is 5.32. The number of rotatable bonds is 6. The van der Waals surface area contributed by atoms with E-state index in [1.807, 2.05) is 13.8 Å². The Morgan fingerprint density at radius 2 is 2.16 bits per heavy atom. The molecule has 1 aromatic heterocycles. The van der Waals surface area contributed by atoms with E-state index in [-0.39, 0.29) is 0 Å². The number of aromatic nitrogens is 1. The summed E-state index contributed by atoms with van der Waals surface area (Å²) in [5.41, 5.74) is 2.60. The van der Waals surface area contributed by atoms with Crippen molar-refractivity contribution < 1.29 is 4.52 Å². The quantitative estimate of drug-likeness (QED) is 0.616. The first-order valence-electron chi connectivity index (χ1n) is 9.86. The zero-order valence-electron chi connectivity index (χ0n) is 17.0. The van der Waals surface area contributed by atoms with Crippen LogP contribution in [0.3, 0.4) is 0 Å². The third kappa shape index (κ3) is 4.99. The molecule has 0 aliphatic carbocycles. The first kappa shape index (κ1) is 19.8. The molecule has 0 saturated carbocycles. The summed E-state index contributed by atoms with van der Waals surface area (Å²) >= 11 is 0. The van der Waals surface area contributed by atoms with Crippen LogP contribution in [0.2, 0.25) is 0 Å². The number of likely N-dealkylation sites (tertiary alicyclic amines) is 1. The van der Waals surface area contributed by atoms with Gasteiger partial charge in [-0.05, 0) is 45.4 Å². The van der Waals surface area contributed by atoms with Crippen LogP contribution in [-0.2, 0) is 0 Å². The first-order chi connectivity index (χ1) is 11.9. The lowest BCUT2D eigenvalue weighted by Crippen LogP contribution is -2.50. The Bertz CT molecular complexity index is 557. The molecule has 0 aromatic carbocycles. The number of nitrogens with one attached hydrogen (secondary N) is 1. The Morgan fingerprint density at radius 1 is 1.40 bits per heavy atom. The van der Waals surface area contributed by atoms with Crippen molar-refractivity contribution in [3.8, 4) is 0 Å². The highest BCUT2D eigenvalue weighted by molar-refractivity contribution is 5.80. The van der Waals surface area contributed by atoms with Gasteiger partial charge in [0.05, 0.1) is 5.69 Å². The molecule has 0 spiro atoms. The maximum absolute atomic E-state index is 5.32. The van der Waals surface area contributed by atoms with Gasteiger partial charge in [0.1, 0.15) is 5.76 Å². The predicted octanol–water partition coefficient (Wildman–Crippen LogP) is 4.26. The lowest BCUT2D eigenvalue weighted by molar-refractivity contribution is 0.142. The molecule has 1 fully saturated rings. The van der Waals surface area contributed by atoms with Crippen LogP contribution in [-0.4, -0.2) is 42.2 Å². The van der Waals surface area contributed by atoms with Crippen molar-refractivity contribution in [1.82, 2.24) is 15.4 Å². The highest BCUT2D eigenvalue weighted by atomic mass is 16.5. The molecule has 2 atom stereocenters. The topological polar surface area (TPSA) is 53.7 Å². The van der Waals surface area contributed by atoms with Crippen LogP contribution < -0.4 is 5.32 Å². The minimum atomic E-state index is 0.312. The van der Waals surface area contributed by atoms with Crippen molar-refractivity contribution in [3.63, 3.8) is 0 Å². The van der Waals surface area contributed by atoms with E-state index in [4.69, 9.17) is 9.52 Å². The van der Waals surface area contributed by atoms with Crippen LogP contribution in [0.1, 0.15) is 76.3 Å². The van der Waals surface area contributed by atoms with Gasteiger partial charge in [-0.3, -0.25) is 4.99 Å². The summed E-state index contributed by atoms with van der Waals surface area (Å²) in [7, 11) is 0. The van der Waals surface area contributed by atoms with E-state index in [2.05, 4.69) is 43.1 Å². The van der Waals surface area contributed by atoms with E-state index in [1.165, 1.54) is 31.2 Å². The van der Waals surface area contributed by atoms with Crippen LogP contribution in [0.25, 0.3) is 0 Å². The molecule has 1 N–H and O–H groups in total. The molecular weight excluding hydrogens is 312 g/mol. The number of hydrogen-bond donors (Lipinski definition) is 1. The summed E-state index contributed by atoms with van der Waals surface area (Å²) in [6.07, 6.45) is 5.12. The van der Waals surface area contributed by atoms with Gasteiger partial charge in [0.15, 0.2) is 5.96 Å². The Labute approximate surface area is 153 Å². The minimum absolute atomic E-state index is 0.312. The highest BCUT2D eigenvalue weighted by Crippen LogP contribution is 2.34. The second-order valence-electron chi connectivity index (χ2n) is 7.92. The Balaban J connectivity index is 2.10. The van der Waals surface area contributed by atoms with Crippen LogP contribution in [0.5, 0.6) is 0 Å². The fourth-order valence-electron chi connectivity index (χ4n) is 4.24. The number of nitrogens with zero attached hydrogens (tertiary/aromatic N) is 3. The molecule has 2 rings (SSSR count). The molecule has 1 aliphatic heterocycles.